The SMILES string of the molecule is CCc1ccccc1NC(=O)CCN1C(=S)N[C@H](c2ccccn2)[C@H]1c1ccc(-c2cc(Cl)ccc2C)o1. The van der Waals surface area contributed by atoms with E-state index in [1.807, 2.05) is 84.6 Å². The van der Waals surface area contributed by atoms with Crippen molar-refractivity contribution in [2.75, 3.05) is 11.9 Å². The van der Waals surface area contributed by atoms with Gasteiger partial charge in [-0.05, 0) is 79.2 Å². The Morgan fingerprint density at radius 2 is 1.95 bits per heavy atom. The van der Waals surface area contributed by atoms with Gasteiger partial charge in [-0.2, -0.15) is 0 Å². The fourth-order valence-electron chi connectivity index (χ4n) is 4.86. The van der Waals surface area contributed by atoms with Gasteiger partial charge < -0.3 is 20.0 Å². The van der Waals surface area contributed by atoms with Gasteiger partial charge in [0.25, 0.3) is 0 Å². The lowest BCUT2D eigenvalue weighted by atomic mass is 10.0. The summed E-state index contributed by atoms with van der Waals surface area (Å²) in [6, 6.07) is 22.8. The van der Waals surface area contributed by atoms with E-state index in [0.29, 0.717) is 16.7 Å². The minimum absolute atomic E-state index is 0.0663. The number of rotatable bonds is 8. The molecule has 0 spiro atoms. The second-order valence-corrected chi connectivity index (χ2v) is 10.1. The van der Waals surface area contributed by atoms with Gasteiger partial charge in [0, 0.05) is 35.4 Å². The van der Waals surface area contributed by atoms with Crippen LogP contribution in [0, 0.1) is 6.92 Å². The highest BCUT2D eigenvalue weighted by atomic mass is 35.5. The van der Waals surface area contributed by atoms with Gasteiger partial charge in [0.05, 0.1) is 11.7 Å². The number of furan rings is 1. The molecule has 2 aromatic heterocycles. The van der Waals surface area contributed by atoms with Crippen LogP contribution < -0.4 is 10.6 Å². The monoisotopic (exact) mass is 544 g/mol. The third-order valence-corrected chi connectivity index (χ3v) is 7.42. The second kappa shape index (κ2) is 11.4. The molecule has 0 radical (unpaired) electrons. The second-order valence-electron chi connectivity index (χ2n) is 9.29. The molecule has 1 amide bonds. The molecule has 0 unspecified atom stereocenters. The lowest BCUT2D eigenvalue weighted by Gasteiger charge is -2.26. The van der Waals surface area contributed by atoms with Crippen molar-refractivity contribution in [2.24, 2.45) is 0 Å². The normalized spacial score (nSPS) is 16.9. The molecule has 2 aromatic carbocycles. The Labute approximate surface area is 233 Å². The van der Waals surface area contributed by atoms with Crippen molar-refractivity contribution in [3.63, 3.8) is 0 Å². The predicted octanol–water partition coefficient (Wildman–Crippen LogP) is 6.87. The first kappa shape index (κ1) is 25.9. The summed E-state index contributed by atoms with van der Waals surface area (Å²) in [6.07, 6.45) is 2.88. The summed E-state index contributed by atoms with van der Waals surface area (Å²) < 4.78 is 6.42. The molecule has 0 saturated carbocycles. The molecular weight excluding hydrogens is 516 g/mol. The van der Waals surface area contributed by atoms with Crippen LogP contribution in [0.15, 0.2) is 83.4 Å². The summed E-state index contributed by atoms with van der Waals surface area (Å²) in [5, 5.41) is 7.68. The van der Waals surface area contributed by atoms with E-state index in [-0.39, 0.29) is 24.4 Å². The number of pyridine rings is 1. The molecule has 8 heteroatoms. The van der Waals surface area contributed by atoms with E-state index in [1.54, 1.807) is 6.20 Å². The van der Waals surface area contributed by atoms with Crippen LogP contribution in [0.5, 0.6) is 0 Å². The number of carbonyl (C=O) groups is 1. The zero-order valence-corrected chi connectivity index (χ0v) is 22.9. The Kier molecular flexibility index (Phi) is 7.77. The molecule has 4 aromatic rings. The number of thiocarbonyl (C=S) groups is 1. The minimum atomic E-state index is -0.277. The molecule has 6 nitrogen and oxygen atoms in total. The van der Waals surface area contributed by atoms with Crippen molar-refractivity contribution in [2.45, 2.75) is 38.8 Å². The number of para-hydroxylation sites is 1. The number of carbonyl (C=O) groups excluding carboxylic acids is 1. The highest BCUT2D eigenvalue weighted by molar-refractivity contribution is 7.80. The van der Waals surface area contributed by atoms with Gasteiger partial charge in [-0.15, -0.1) is 0 Å². The maximum absolute atomic E-state index is 12.9. The van der Waals surface area contributed by atoms with E-state index in [2.05, 4.69) is 22.5 Å². The summed E-state index contributed by atoms with van der Waals surface area (Å²) in [4.78, 5) is 19.5. The van der Waals surface area contributed by atoms with Crippen molar-refractivity contribution < 1.29 is 9.21 Å². The first-order valence-corrected chi connectivity index (χ1v) is 13.4. The van der Waals surface area contributed by atoms with E-state index in [4.69, 9.17) is 28.2 Å². The number of anilines is 1. The summed E-state index contributed by atoms with van der Waals surface area (Å²) in [7, 11) is 0. The van der Waals surface area contributed by atoms with Crippen LogP contribution in [0.4, 0.5) is 5.69 Å². The van der Waals surface area contributed by atoms with E-state index < -0.39 is 0 Å². The fraction of sp³-hybridized carbons (Fsp3) is 0.233. The molecule has 2 atom stereocenters. The summed E-state index contributed by atoms with van der Waals surface area (Å²) in [5.74, 6) is 1.40. The highest BCUT2D eigenvalue weighted by Gasteiger charge is 2.41. The number of hydrogen-bond donors (Lipinski definition) is 2. The predicted molar refractivity (Wildman–Crippen MR) is 155 cm³/mol. The van der Waals surface area contributed by atoms with Gasteiger partial charge in [-0.25, -0.2) is 0 Å². The number of nitrogens with one attached hydrogen (secondary N) is 2. The lowest BCUT2D eigenvalue weighted by Crippen LogP contribution is -2.32. The minimum Gasteiger partial charge on any atom is -0.459 e. The number of nitrogens with zero attached hydrogens (tertiary/aromatic N) is 2. The zero-order chi connectivity index (χ0) is 26.6. The number of amides is 1. The average molecular weight is 545 g/mol. The molecule has 0 bridgehead atoms. The van der Waals surface area contributed by atoms with Gasteiger partial charge in [-0.3, -0.25) is 9.78 Å². The molecule has 5 rings (SSSR count). The molecule has 1 saturated heterocycles. The molecule has 38 heavy (non-hydrogen) atoms. The average Bonchev–Trinajstić information content (AvgIpc) is 3.54. The zero-order valence-electron chi connectivity index (χ0n) is 21.3. The molecule has 3 heterocycles. The topological polar surface area (TPSA) is 70.4 Å². The van der Waals surface area contributed by atoms with Gasteiger partial charge >= 0.3 is 0 Å². The quantitative estimate of drug-likeness (QED) is 0.236. The van der Waals surface area contributed by atoms with Crippen LogP contribution >= 0.6 is 23.8 Å². The number of hydrogen-bond acceptors (Lipinski definition) is 4. The molecular formula is C30H29ClN4O2S. The first-order chi connectivity index (χ1) is 18.4. The fourth-order valence-corrected chi connectivity index (χ4v) is 5.36. The van der Waals surface area contributed by atoms with Crippen LogP contribution in [0.3, 0.4) is 0 Å². The maximum Gasteiger partial charge on any atom is 0.226 e. The highest BCUT2D eigenvalue weighted by Crippen LogP contribution is 2.41. The standard InChI is InChI=1S/C30H29ClN4O2S/c1-3-20-8-4-5-9-23(20)33-27(36)15-17-35-29(28(34-30(35)38)24-10-6-7-16-32-24)26-14-13-25(37-26)22-18-21(31)12-11-19(22)2/h4-14,16,18,28-29H,3,15,17H2,1-2H3,(H,33,36)(H,34,38)/t28-,29-/m1/s1. The maximum atomic E-state index is 12.9. The summed E-state index contributed by atoms with van der Waals surface area (Å²) in [6.45, 7) is 4.52. The Hall–Kier alpha value is -3.68. The van der Waals surface area contributed by atoms with Crippen LogP contribution in [-0.2, 0) is 11.2 Å². The van der Waals surface area contributed by atoms with Crippen LogP contribution in [0.1, 0.15) is 48.0 Å². The number of benzene rings is 2. The number of aromatic nitrogens is 1. The molecule has 194 valence electrons. The van der Waals surface area contributed by atoms with Crippen LogP contribution in [0.2, 0.25) is 5.02 Å². The lowest BCUT2D eigenvalue weighted by molar-refractivity contribution is -0.116. The van der Waals surface area contributed by atoms with E-state index >= 15 is 0 Å². The molecule has 1 aliphatic rings. The molecule has 1 fully saturated rings. The molecule has 1 aliphatic heterocycles. The Balaban J connectivity index is 1.41. The van der Waals surface area contributed by atoms with Gasteiger partial charge in [0.15, 0.2) is 5.11 Å². The summed E-state index contributed by atoms with van der Waals surface area (Å²) in [5.41, 5.74) is 4.80. The van der Waals surface area contributed by atoms with Crippen molar-refractivity contribution >= 4 is 40.5 Å². The number of aryl methyl sites for hydroxylation is 2. The number of halogens is 1. The molecule has 0 aliphatic carbocycles. The third kappa shape index (κ3) is 5.44. The smallest absolute Gasteiger partial charge is 0.226 e. The van der Waals surface area contributed by atoms with E-state index in [0.717, 1.165) is 46.0 Å². The van der Waals surface area contributed by atoms with Crippen LogP contribution in [0.25, 0.3) is 11.3 Å². The summed E-state index contributed by atoms with van der Waals surface area (Å²) >= 11 is 12.0. The Morgan fingerprint density at radius 1 is 1.13 bits per heavy atom. The largest absolute Gasteiger partial charge is 0.459 e. The van der Waals surface area contributed by atoms with Crippen molar-refractivity contribution in [3.8, 4) is 11.3 Å². The van der Waals surface area contributed by atoms with E-state index in [9.17, 15) is 4.79 Å². The molecule has 2 N–H and O–H groups in total. The Morgan fingerprint density at radius 3 is 2.74 bits per heavy atom. The van der Waals surface area contributed by atoms with Gasteiger partial charge in [-0.1, -0.05) is 48.9 Å². The van der Waals surface area contributed by atoms with Gasteiger partial charge in [0.1, 0.15) is 17.6 Å². The van der Waals surface area contributed by atoms with Crippen molar-refractivity contribution in [1.82, 2.24) is 15.2 Å². The van der Waals surface area contributed by atoms with Crippen molar-refractivity contribution in [1.29, 1.82) is 0 Å². The Bertz CT molecular complexity index is 1460. The van der Waals surface area contributed by atoms with Gasteiger partial charge in [0.2, 0.25) is 5.91 Å². The first-order valence-electron chi connectivity index (χ1n) is 12.7. The third-order valence-electron chi connectivity index (χ3n) is 6.83. The van der Waals surface area contributed by atoms with Crippen molar-refractivity contribution in [3.05, 3.63) is 107 Å². The van der Waals surface area contributed by atoms with Crippen LogP contribution in [-0.4, -0.2) is 27.4 Å². The van der Waals surface area contributed by atoms with E-state index in [1.165, 1.54) is 0 Å².